The van der Waals surface area contributed by atoms with Gasteiger partial charge in [-0.15, -0.1) is 0 Å². The molecule has 0 aliphatic heterocycles. The van der Waals surface area contributed by atoms with E-state index in [1.807, 2.05) is 6.92 Å². The average Bonchev–Trinajstić information content (AvgIpc) is 2.99. The van der Waals surface area contributed by atoms with E-state index in [1.165, 1.54) is 44.9 Å². The van der Waals surface area contributed by atoms with Crippen LogP contribution in [0.4, 0.5) is 0 Å². The number of Topliss-reactive ketones (excluding diaryl/α,β-unsaturated/α-hetero) is 1. The van der Waals surface area contributed by atoms with Crippen LogP contribution in [0, 0.1) is 34.5 Å². The van der Waals surface area contributed by atoms with Crippen molar-refractivity contribution in [1.82, 2.24) is 0 Å². The highest BCUT2D eigenvalue weighted by Crippen LogP contribution is 2.66. The number of rotatable bonds is 5. The molecule has 0 unspecified atom stereocenters. The second kappa shape index (κ2) is 7.32. The number of carbonyl (C=O) groups excluding carboxylic acids is 1. The lowest BCUT2D eigenvalue weighted by atomic mass is 9.47. The van der Waals surface area contributed by atoms with E-state index in [-0.39, 0.29) is 6.10 Å². The van der Waals surface area contributed by atoms with Gasteiger partial charge in [0.1, 0.15) is 5.78 Å². The van der Waals surface area contributed by atoms with Crippen LogP contribution in [0.25, 0.3) is 0 Å². The maximum Gasteiger partial charge on any atom is 0.132 e. The van der Waals surface area contributed by atoms with E-state index in [2.05, 4.69) is 19.9 Å². The molecule has 152 valence electrons. The maximum absolute atomic E-state index is 11.7. The monoisotopic (exact) mass is 372 g/mol. The number of allylic oxidation sites excluding steroid dienone is 1. The Morgan fingerprint density at radius 3 is 2.74 bits per heavy atom. The van der Waals surface area contributed by atoms with Gasteiger partial charge in [-0.25, -0.2) is 0 Å². The summed E-state index contributed by atoms with van der Waals surface area (Å²) >= 11 is 0. The Labute approximate surface area is 166 Å². The van der Waals surface area contributed by atoms with E-state index in [0.717, 1.165) is 49.4 Å². The highest BCUT2D eigenvalue weighted by Gasteiger charge is 2.58. The van der Waals surface area contributed by atoms with E-state index in [9.17, 15) is 9.90 Å². The van der Waals surface area contributed by atoms with Crippen LogP contribution in [0.15, 0.2) is 11.6 Å². The average molecular weight is 373 g/mol. The lowest BCUT2D eigenvalue weighted by Gasteiger charge is -2.58. The molecule has 27 heavy (non-hydrogen) atoms. The minimum absolute atomic E-state index is 0.101. The zero-order valence-electron chi connectivity index (χ0n) is 17.8. The SMILES string of the molecule is CCC(=O)CCC[C@H]1CC[C@H]2[C@@H]3CC=C4C[C@@H](O)CC[C@]4(C)[C@H]3CC[C@]12C. The molecule has 3 saturated carbocycles. The smallest absolute Gasteiger partial charge is 0.132 e. The molecule has 0 aromatic carbocycles. The van der Waals surface area contributed by atoms with Crippen molar-refractivity contribution in [3.63, 3.8) is 0 Å². The molecule has 0 amide bonds. The van der Waals surface area contributed by atoms with E-state index in [1.54, 1.807) is 5.57 Å². The molecular formula is C25H40O2. The number of ketones is 1. The molecule has 4 rings (SSSR count). The van der Waals surface area contributed by atoms with Crippen LogP contribution in [0.2, 0.25) is 0 Å². The van der Waals surface area contributed by atoms with Gasteiger partial charge in [0.2, 0.25) is 0 Å². The number of aliphatic hydroxyl groups excluding tert-OH is 1. The molecule has 0 aromatic rings. The first-order chi connectivity index (χ1) is 12.9. The third-order valence-corrected chi connectivity index (χ3v) is 9.68. The molecule has 3 fully saturated rings. The Hall–Kier alpha value is -0.630. The van der Waals surface area contributed by atoms with Crippen LogP contribution < -0.4 is 0 Å². The van der Waals surface area contributed by atoms with Crippen molar-refractivity contribution in [3.05, 3.63) is 11.6 Å². The minimum atomic E-state index is -0.101. The predicted octanol–water partition coefficient (Wildman–Crippen LogP) is 6.08. The first-order valence-corrected chi connectivity index (χ1v) is 11.8. The van der Waals surface area contributed by atoms with Crippen LogP contribution in [-0.2, 0) is 4.79 Å². The Morgan fingerprint density at radius 1 is 1.15 bits per heavy atom. The quantitative estimate of drug-likeness (QED) is 0.594. The summed E-state index contributed by atoms with van der Waals surface area (Å²) in [5.74, 6) is 3.85. The number of hydrogen-bond acceptors (Lipinski definition) is 2. The normalized spacial score (nSPS) is 46.2. The van der Waals surface area contributed by atoms with Gasteiger partial charge >= 0.3 is 0 Å². The third-order valence-electron chi connectivity index (χ3n) is 9.68. The number of hydrogen-bond donors (Lipinski definition) is 1. The Kier molecular flexibility index (Phi) is 5.33. The van der Waals surface area contributed by atoms with Crippen molar-refractivity contribution >= 4 is 5.78 Å². The van der Waals surface area contributed by atoms with Gasteiger partial charge in [-0.05, 0) is 98.7 Å². The van der Waals surface area contributed by atoms with Crippen molar-refractivity contribution in [1.29, 1.82) is 0 Å². The van der Waals surface area contributed by atoms with Crippen molar-refractivity contribution in [2.75, 3.05) is 0 Å². The molecule has 4 aliphatic rings. The molecule has 0 heterocycles. The largest absolute Gasteiger partial charge is 0.393 e. The van der Waals surface area contributed by atoms with Crippen LogP contribution in [-0.4, -0.2) is 17.0 Å². The van der Waals surface area contributed by atoms with E-state index in [4.69, 9.17) is 0 Å². The van der Waals surface area contributed by atoms with E-state index in [0.29, 0.717) is 23.0 Å². The Morgan fingerprint density at radius 2 is 1.96 bits per heavy atom. The molecule has 0 spiro atoms. The molecule has 0 aromatic heterocycles. The van der Waals surface area contributed by atoms with Gasteiger partial charge < -0.3 is 5.11 Å². The summed E-state index contributed by atoms with van der Waals surface area (Å²) in [5, 5.41) is 10.2. The lowest BCUT2D eigenvalue weighted by molar-refractivity contribution is -0.119. The first kappa shape index (κ1) is 19.7. The van der Waals surface area contributed by atoms with Gasteiger partial charge in [0.15, 0.2) is 0 Å². The molecule has 0 radical (unpaired) electrons. The summed E-state index contributed by atoms with van der Waals surface area (Å²) in [5.41, 5.74) is 2.44. The summed E-state index contributed by atoms with van der Waals surface area (Å²) in [4.78, 5) is 11.7. The fraction of sp³-hybridized carbons (Fsp3) is 0.880. The van der Waals surface area contributed by atoms with Crippen LogP contribution in [0.3, 0.4) is 0 Å². The molecule has 4 aliphatic carbocycles. The highest BCUT2D eigenvalue weighted by molar-refractivity contribution is 5.77. The zero-order valence-corrected chi connectivity index (χ0v) is 17.8. The van der Waals surface area contributed by atoms with Gasteiger partial charge in [0.25, 0.3) is 0 Å². The fourth-order valence-electron chi connectivity index (χ4n) is 7.95. The lowest BCUT2D eigenvalue weighted by Crippen LogP contribution is -2.50. The summed E-state index contributed by atoms with van der Waals surface area (Å²) < 4.78 is 0. The van der Waals surface area contributed by atoms with Crippen LogP contribution in [0.1, 0.15) is 97.8 Å². The summed E-state index contributed by atoms with van der Waals surface area (Å²) in [6, 6.07) is 0. The second-order valence-electron chi connectivity index (χ2n) is 10.8. The Balaban J connectivity index is 1.48. The molecule has 2 nitrogen and oxygen atoms in total. The maximum atomic E-state index is 11.7. The molecule has 1 N–H and O–H groups in total. The van der Waals surface area contributed by atoms with Crippen molar-refractivity contribution in [3.8, 4) is 0 Å². The molecule has 0 saturated heterocycles. The summed E-state index contributed by atoms with van der Waals surface area (Å²) in [6.45, 7) is 7.11. The van der Waals surface area contributed by atoms with Crippen LogP contribution in [0.5, 0.6) is 0 Å². The molecule has 0 bridgehead atoms. The highest BCUT2D eigenvalue weighted by atomic mass is 16.3. The Bertz CT molecular complexity index is 607. The van der Waals surface area contributed by atoms with Crippen molar-refractivity contribution in [2.45, 2.75) is 104 Å². The molecular weight excluding hydrogens is 332 g/mol. The molecule has 2 heteroatoms. The fourth-order valence-corrected chi connectivity index (χ4v) is 7.95. The van der Waals surface area contributed by atoms with E-state index < -0.39 is 0 Å². The predicted molar refractivity (Wildman–Crippen MR) is 110 cm³/mol. The molecule has 7 atom stereocenters. The number of fused-ring (bicyclic) bond motifs is 5. The standard InChI is InChI=1S/C25H40O2/c1-4-19(26)7-5-6-17-9-11-22-21-10-8-18-16-20(27)12-14-25(18,3)23(21)13-15-24(17,22)2/h8,17,20-23,27H,4-7,9-16H2,1-3H3/t17-,20-,21-,22-,23-,24+,25-/m0/s1. The topological polar surface area (TPSA) is 37.3 Å². The second-order valence-corrected chi connectivity index (χ2v) is 10.8. The van der Waals surface area contributed by atoms with Crippen molar-refractivity contribution < 1.29 is 9.90 Å². The van der Waals surface area contributed by atoms with Gasteiger partial charge in [-0.2, -0.15) is 0 Å². The third kappa shape index (κ3) is 3.24. The zero-order chi connectivity index (χ0) is 19.2. The number of aliphatic hydroxyl groups is 1. The van der Waals surface area contributed by atoms with Gasteiger partial charge in [-0.1, -0.05) is 32.4 Å². The van der Waals surface area contributed by atoms with Gasteiger partial charge in [-0.3, -0.25) is 4.79 Å². The number of carbonyl (C=O) groups is 1. The summed E-state index contributed by atoms with van der Waals surface area (Å²) in [7, 11) is 0. The first-order valence-electron chi connectivity index (χ1n) is 11.8. The van der Waals surface area contributed by atoms with Crippen LogP contribution >= 0.6 is 0 Å². The summed E-state index contributed by atoms with van der Waals surface area (Å²) in [6.07, 6.45) is 16.2. The van der Waals surface area contributed by atoms with E-state index >= 15 is 0 Å². The van der Waals surface area contributed by atoms with Gasteiger partial charge in [0.05, 0.1) is 6.10 Å². The van der Waals surface area contributed by atoms with Gasteiger partial charge in [0, 0.05) is 12.8 Å². The van der Waals surface area contributed by atoms with Crippen molar-refractivity contribution in [2.24, 2.45) is 34.5 Å². The minimum Gasteiger partial charge on any atom is -0.393 e.